The second kappa shape index (κ2) is 7.16. The van der Waals surface area contributed by atoms with E-state index in [0.717, 1.165) is 25.7 Å². The molecule has 5 nitrogen and oxygen atoms in total. The van der Waals surface area contributed by atoms with Crippen molar-refractivity contribution in [1.29, 1.82) is 0 Å². The summed E-state index contributed by atoms with van der Waals surface area (Å²) in [5.41, 5.74) is 0.327. The van der Waals surface area contributed by atoms with E-state index in [1.165, 1.54) is 4.90 Å². The molecule has 1 rings (SSSR count). The van der Waals surface area contributed by atoms with E-state index in [1.807, 2.05) is 0 Å². The second-order valence-electron chi connectivity index (χ2n) is 5.32. The Hall–Kier alpha value is -1.52. The monoisotopic (exact) mass is 269 g/mol. The Balaban J connectivity index is 2.46. The fraction of sp³-hybridized carbons (Fsp3) is 0.714. The highest BCUT2D eigenvalue weighted by Crippen LogP contribution is 2.27. The molecule has 5 heteroatoms. The smallest absolute Gasteiger partial charge is 0.407 e. The lowest BCUT2D eigenvalue weighted by atomic mass is 9.86. The molecule has 0 aromatic rings. The Labute approximate surface area is 114 Å². The van der Waals surface area contributed by atoms with Crippen LogP contribution in [0.3, 0.4) is 0 Å². The van der Waals surface area contributed by atoms with E-state index in [-0.39, 0.29) is 19.2 Å². The van der Waals surface area contributed by atoms with Gasteiger partial charge in [-0.1, -0.05) is 26.3 Å². The van der Waals surface area contributed by atoms with Crippen molar-refractivity contribution < 1.29 is 19.4 Å². The molecule has 1 saturated carbocycles. The number of rotatable bonds is 5. The SMILES string of the molecule is C=C(C)C(=O)OCCN(C(=O)O)[C@H]1CCC[C@@H](C)C1. The lowest BCUT2D eigenvalue weighted by Gasteiger charge is -2.34. The maximum atomic E-state index is 11.3. The molecule has 108 valence electrons. The minimum atomic E-state index is -0.939. The van der Waals surface area contributed by atoms with Gasteiger partial charge >= 0.3 is 12.1 Å². The van der Waals surface area contributed by atoms with Crippen LogP contribution in [0.25, 0.3) is 0 Å². The zero-order valence-corrected chi connectivity index (χ0v) is 11.7. The average molecular weight is 269 g/mol. The highest BCUT2D eigenvalue weighted by molar-refractivity contribution is 5.86. The van der Waals surface area contributed by atoms with Crippen LogP contribution in [0.5, 0.6) is 0 Å². The summed E-state index contributed by atoms with van der Waals surface area (Å²) in [5.74, 6) is 0.0842. The molecule has 19 heavy (non-hydrogen) atoms. The van der Waals surface area contributed by atoms with Crippen LogP contribution in [-0.2, 0) is 9.53 Å². The lowest BCUT2D eigenvalue weighted by molar-refractivity contribution is -0.139. The minimum Gasteiger partial charge on any atom is -0.465 e. The fourth-order valence-corrected chi connectivity index (χ4v) is 2.48. The van der Waals surface area contributed by atoms with Crippen LogP contribution in [0, 0.1) is 5.92 Å². The molecule has 0 bridgehead atoms. The predicted molar refractivity (Wildman–Crippen MR) is 71.9 cm³/mol. The van der Waals surface area contributed by atoms with Crippen LogP contribution >= 0.6 is 0 Å². The fourth-order valence-electron chi connectivity index (χ4n) is 2.48. The van der Waals surface area contributed by atoms with E-state index in [4.69, 9.17) is 4.74 Å². The van der Waals surface area contributed by atoms with Gasteiger partial charge in [0.1, 0.15) is 6.61 Å². The van der Waals surface area contributed by atoms with Gasteiger partial charge in [-0.3, -0.25) is 0 Å². The summed E-state index contributed by atoms with van der Waals surface area (Å²) < 4.78 is 4.96. The number of hydrogen-bond donors (Lipinski definition) is 1. The van der Waals surface area contributed by atoms with Gasteiger partial charge in [0, 0.05) is 11.6 Å². The topological polar surface area (TPSA) is 66.8 Å². The zero-order valence-electron chi connectivity index (χ0n) is 11.7. The lowest BCUT2D eigenvalue weighted by Crippen LogP contribution is -2.43. The van der Waals surface area contributed by atoms with Crippen LogP contribution < -0.4 is 0 Å². The average Bonchev–Trinajstić information content (AvgIpc) is 2.33. The Morgan fingerprint density at radius 2 is 2.11 bits per heavy atom. The van der Waals surface area contributed by atoms with E-state index < -0.39 is 12.1 Å². The van der Waals surface area contributed by atoms with Gasteiger partial charge in [-0.15, -0.1) is 0 Å². The Bertz CT molecular complexity index is 353. The molecular weight excluding hydrogens is 246 g/mol. The summed E-state index contributed by atoms with van der Waals surface area (Å²) in [5, 5.41) is 9.25. The number of nitrogens with zero attached hydrogens (tertiary/aromatic N) is 1. The zero-order chi connectivity index (χ0) is 14.4. The predicted octanol–water partition coefficient (Wildman–Crippen LogP) is 2.66. The van der Waals surface area contributed by atoms with Gasteiger partial charge < -0.3 is 14.7 Å². The third-order valence-corrected chi connectivity index (χ3v) is 3.51. The summed E-state index contributed by atoms with van der Waals surface area (Å²) in [6.45, 7) is 7.51. The van der Waals surface area contributed by atoms with Crippen molar-refractivity contribution in [3.63, 3.8) is 0 Å². The molecule has 2 atom stereocenters. The number of esters is 1. The molecule has 0 radical (unpaired) electrons. The van der Waals surface area contributed by atoms with Crippen molar-refractivity contribution in [3.8, 4) is 0 Å². The normalized spacial score (nSPS) is 22.6. The van der Waals surface area contributed by atoms with E-state index in [9.17, 15) is 14.7 Å². The molecule has 1 aliphatic rings. The quantitative estimate of drug-likeness (QED) is 0.615. The molecule has 1 aliphatic carbocycles. The number of carbonyl (C=O) groups is 2. The van der Waals surface area contributed by atoms with Gasteiger partial charge in [0.05, 0.1) is 6.54 Å². The largest absolute Gasteiger partial charge is 0.465 e. The van der Waals surface area contributed by atoms with Gasteiger partial charge in [0.15, 0.2) is 0 Å². The molecule has 0 unspecified atom stereocenters. The molecule has 0 aliphatic heterocycles. The first-order valence-electron chi connectivity index (χ1n) is 6.74. The third kappa shape index (κ3) is 4.93. The second-order valence-corrected chi connectivity index (χ2v) is 5.32. The number of hydrogen-bond acceptors (Lipinski definition) is 3. The molecule has 0 spiro atoms. The van der Waals surface area contributed by atoms with Crippen molar-refractivity contribution in [2.75, 3.05) is 13.2 Å². The molecule has 0 aromatic heterocycles. The number of amides is 1. The van der Waals surface area contributed by atoms with Gasteiger partial charge in [-0.25, -0.2) is 9.59 Å². The van der Waals surface area contributed by atoms with Gasteiger partial charge in [0.25, 0.3) is 0 Å². The summed E-state index contributed by atoms with van der Waals surface area (Å²) >= 11 is 0. The van der Waals surface area contributed by atoms with Crippen molar-refractivity contribution in [2.24, 2.45) is 5.92 Å². The number of carboxylic acid groups (broad SMARTS) is 1. The summed E-state index contributed by atoms with van der Waals surface area (Å²) in [7, 11) is 0. The van der Waals surface area contributed by atoms with Crippen molar-refractivity contribution in [1.82, 2.24) is 4.90 Å². The van der Waals surface area contributed by atoms with E-state index in [2.05, 4.69) is 13.5 Å². The molecule has 0 aromatic carbocycles. The Kier molecular flexibility index (Phi) is 5.86. The summed E-state index contributed by atoms with van der Waals surface area (Å²) in [4.78, 5) is 23.9. The summed E-state index contributed by atoms with van der Waals surface area (Å²) in [6.07, 6.45) is 3.06. The first-order valence-corrected chi connectivity index (χ1v) is 6.74. The summed E-state index contributed by atoms with van der Waals surface area (Å²) in [6, 6.07) is 0.0461. The first kappa shape index (κ1) is 15.5. The van der Waals surface area contributed by atoms with E-state index >= 15 is 0 Å². The van der Waals surface area contributed by atoms with Crippen LogP contribution in [0.4, 0.5) is 4.79 Å². The minimum absolute atomic E-state index is 0.0461. The number of ether oxygens (including phenoxy) is 1. The molecule has 0 saturated heterocycles. The van der Waals surface area contributed by atoms with Crippen molar-refractivity contribution in [2.45, 2.75) is 45.6 Å². The van der Waals surface area contributed by atoms with Crippen molar-refractivity contribution >= 4 is 12.1 Å². The molecule has 0 heterocycles. The standard InChI is InChI=1S/C14H23NO4/c1-10(2)13(16)19-8-7-15(14(17)18)12-6-4-5-11(3)9-12/h11-12H,1,4-9H2,2-3H3,(H,17,18)/t11-,12+/m1/s1. The van der Waals surface area contributed by atoms with E-state index in [0.29, 0.717) is 11.5 Å². The van der Waals surface area contributed by atoms with Crippen LogP contribution in [0.2, 0.25) is 0 Å². The molecule has 1 amide bonds. The maximum Gasteiger partial charge on any atom is 0.407 e. The van der Waals surface area contributed by atoms with Crippen LogP contribution in [-0.4, -0.2) is 41.3 Å². The molecular formula is C14H23NO4. The number of carbonyl (C=O) groups excluding carboxylic acids is 1. The van der Waals surface area contributed by atoms with Crippen LogP contribution in [0.15, 0.2) is 12.2 Å². The van der Waals surface area contributed by atoms with Crippen molar-refractivity contribution in [3.05, 3.63) is 12.2 Å². The van der Waals surface area contributed by atoms with Gasteiger partial charge in [0.2, 0.25) is 0 Å². The van der Waals surface area contributed by atoms with Gasteiger partial charge in [-0.05, 0) is 25.7 Å². The highest BCUT2D eigenvalue weighted by atomic mass is 16.5. The third-order valence-electron chi connectivity index (χ3n) is 3.51. The van der Waals surface area contributed by atoms with Crippen LogP contribution in [0.1, 0.15) is 39.5 Å². The maximum absolute atomic E-state index is 11.3. The Morgan fingerprint density at radius 1 is 1.42 bits per heavy atom. The van der Waals surface area contributed by atoms with E-state index in [1.54, 1.807) is 6.92 Å². The highest BCUT2D eigenvalue weighted by Gasteiger charge is 2.27. The molecule has 1 fully saturated rings. The molecule has 1 N–H and O–H groups in total. The van der Waals surface area contributed by atoms with Gasteiger partial charge in [-0.2, -0.15) is 0 Å². The first-order chi connectivity index (χ1) is 8.91. The Morgan fingerprint density at radius 3 is 2.63 bits per heavy atom.